The van der Waals surface area contributed by atoms with E-state index in [1.54, 1.807) is 49.4 Å². The summed E-state index contributed by atoms with van der Waals surface area (Å²) in [5.74, 6) is 1.15. The molecule has 1 heterocycles. The Labute approximate surface area is 169 Å². The van der Waals surface area contributed by atoms with Crippen molar-refractivity contribution >= 4 is 22.5 Å². The normalized spacial score (nSPS) is 10.7. The average Bonchev–Trinajstić information content (AvgIpc) is 2.75. The van der Waals surface area contributed by atoms with Gasteiger partial charge in [-0.3, -0.25) is 14.2 Å². The molecule has 0 aliphatic heterocycles. The maximum atomic E-state index is 12.4. The third-order valence-electron chi connectivity index (χ3n) is 4.72. The number of para-hydroxylation sites is 1. The first-order valence-corrected chi connectivity index (χ1v) is 9.58. The number of ether oxygens (including phenoxy) is 2. The topological polar surface area (TPSA) is 82.5 Å². The van der Waals surface area contributed by atoms with Crippen LogP contribution in [0.1, 0.15) is 25.7 Å². The van der Waals surface area contributed by atoms with E-state index in [4.69, 9.17) is 9.47 Å². The Balaban J connectivity index is 1.46. The van der Waals surface area contributed by atoms with Crippen molar-refractivity contribution in [2.24, 2.45) is 0 Å². The fraction of sp³-hybridized carbons (Fsp3) is 0.318. The molecule has 1 N–H and O–H groups in total. The molecule has 0 fully saturated rings. The molecule has 0 radical (unpaired) electrons. The highest BCUT2D eigenvalue weighted by molar-refractivity contribution is 5.92. The molecule has 1 amide bonds. The van der Waals surface area contributed by atoms with Crippen LogP contribution in [0.3, 0.4) is 0 Å². The smallest absolute Gasteiger partial charge is 0.261 e. The first-order chi connectivity index (χ1) is 14.1. The predicted molar refractivity (Wildman–Crippen MR) is 113 cm³/mol. The summed E-state index contributed by atoms with van der Waals surface area (Å²) in [7, 11) is 3.13. The van der Waals surface area contributed by atoms with Gasteiger partial charge in [0, 0.05) is 19.0 Å². The predicted octanol–water partition coefficient (Wildman–Crippen LogP) is 3.61. The van der Waals surface area contributed by atoms with Crippen molar-refractivity contribution in [3.8, 4) is 11.5 Å². The summed E-state index contributed by atoms with van der Waals surface area (Å²) >= 11 is 0. The molecule has 2 aromatic carbocycles. The number of benzene rings is 2. The molecule has 0 spiro atoms. The quantitative estimate of drug-likeness (QED) is 0.560. The largest absolute Gasteiger partial charge is 0.497 e. The highest BCUT2D eigenvalue weighted by atomic mass is 16.5. The van der Waals surface area contributed by atoms with E-state index in [-0.39, 0.29) is 11.5 Å². The number of amides is 1. The van der Waals surface area contributed by atoms with Gasteiger partial charge in [0.2, 0.25) is 5.91 Å². The van der Waals surface area contributed by atoms with E-state index in [1.165, 1.54) is 0 Å². The first-order valence-electron chi connectivity index (χ1n) is 9.58. The number of fused-ring (bicyclic) bond motifs is 1. The Kier molecular flexibility index (Phi) is 6.84. The SMILES string of the molecule is COc1ccc(NC(=O)CCCCCn2cnc3ccccc3c2=O)c(OC)c1. The highest BCUT2D eigenvalue weighted by Crippen LogP contribution is 2.29. The van der Waals surface area contributed by atoms with Crippen LogP contribution in [0.2, 0.25) is 0 Å². The molecule has 0 bridgehead atoms. The molecule has 7 nitrogen and oxygen atoms in total. The molecule has 0 atom stereocenters. The van der Waals surface area contributed by atoms with Crippen LogP contribution in [0, 0.1) is 0 Å². The van der Waals surface area contributed by atoms with Gasteiger partial charge in [-0.05, 0) is 37.1 Å². The minimum atomic E-state index is -0.0713. The molecule has 0 unspecified atom stereocenters. The second-order valence-electron chi connectivity index (χ2n) is 6.69. The van der Waals surface area contributed by atoms with Crippen molar-refractivity contribution in [1.29, 1.82) is 0 Å². The summed E-state index contributed by atoms with van der Waals surface area (Å²) < 4.78 is 12.1. The number of unbranched alkanes of at least 4 members (excludes halogenated alkanes) is 2. The van der Waals surface area contributed by atoms with Crippen LogP contribution in [0.25, 0.3) is 10.9 Å². The number of anilines is 1. The summed E-state index contributed by atoms with van der Waals surface area (Å²) in [6.45, 7) is 0.588. The Hall–Kier alpha value is -3.35. The van der Waals surface area contributed by atoms with Crippen LogP contribution in [-0.4, -0.2) is 29.7 Å². The highest BCUT2D eigenvalue weighted by Gasteiger charge is 2.09. The molecule has 7 heteroatoms. The second-order valence-corrected chi connectivity index (χ2v) is 6.69. The lowest BCUT2D eigenvalue weighted by molar-refractivity contribution is -0.116. The molecular weight excluding hydrogens is 370 g/mol. The third kappa shape index (κ3) is 5.13. The van der Waals surface area contributed by atoms with Gasteiger partial charge in [-0.15, -0.1) is 0 Å². The number of rotatable bonds is 9. The van der Waals surface area contributed by atoms with Crippen molar-refractivity contribution in [1.82, 2.24) is 9.55 Å². The van der Waals surface area contributed by atoms with Crippen molar-refractivity contribution in [2.45, 2.75) is 32.2 Å². The van der Waals surface area contributed by atoms with Crippen molar-refractivity contribution in [3.63, 3.8) is 0 Å². The standard InChI is InChI=1S/C22H25N3O4/c1-28-16-11-12-19(20(14-16)29-2)24-21(26)10-4-3-7-13-25-15-23-18-9-6-5-8-17(18)22(25)27/h5-6,8-9,11-12,14-15H,3-4,7,10,13H2,1-2H3,(H,24,26). The van der Waals surface area contributed by atoms with Crippen LogP contribution in [0.4, 0.5) is 5.69 Å². The van der Waals surface area contributed by atoms with Crippen LogP contribution >= 0.6 is 0 Å². The lowest BCUT2D eigenvalue weighted by atomic mass is 10.1. The average molecular weight is 395 g/mol. The molecule has 1 aromatic heterocycles. The lowest BCUT2D eigenvalue weighted by Crippen LogP contribution is -2.20. The van der Waals surface area contributed by atoms with E-state index in [0.29, 0.717) is 41.1 Å². The summed E-state index contributed by atoms with van der Waals surface area (Å²) in [5.41, 5.74) is 1.30. The van der Waals surface area contributed by atoms with E-state index in [2.05, 4.69) is 10.3 Å². The number of methoxy groups -OCH3 is 2. The molecule has 0 aliphatic rings. The minimum absolute atomic E-state index is 0.0278. The van der Waals surface area contributed by atoms with Crippen LogP contribution in [-0.2, 0) is 11.3 Å². The van der Waals surface area contributed by atoms with Crippen molar-refractivity contribution < 1.29 is 14.3 Å². The van der Waals surface area contributed by atoms with Gasteiger partial charge < -0.3 is 14.8 Å². The van der Waals surface area contributed by atoms with Gasteiger partial charge in [-0.1, -0.05) is 18.6 Å². The molecule has 0 aliphatic carbocycles. The van der Waals surface area contributed by atoms with E-state index in [1.807, 2.05) is 18.2 Å². The number of hydrogen-bond acceptors (Lipinski definition) is 5. The maximum absolute atomic E-state index is 12.4. The Morgan fingerprint density at radius 2 is 1.90 bits per heavy atom. The van der Waals surface area contributed by atoms with Crippen LogP contribution < -0.4 is 20.3 Å². The maximum Gasteiger partial charge on any atom is 0.261 e. The van der Waals surface area contributed by atoms with Gasteiger partial charge >= 0.3 is 0 Å². The van der Waals surface area contributed by atoms with Gasteiger partial charge in [0.15, 0.2) is 0 Å². The zero-order chi connectivity index (χ0) is 20.6. The van der Waals surface area contributed by atoms with Gasteiger partial charge in [-0.2, -0.15) is 0 Å². The molecule has 29 heavy (non-hydrogen) atoms. The number of aromatic nitrogens is 2. The van der Waals surface area contributed by atoms with E-state index < -0.39 is 0 Å². The van der Waals surface area contributed by atoms with Gasteiger partial charge in [-0.25, -0.2) is 4.98 Å². The Morgan fingerprint density at radius 1 is 1.07 bits per heavy atom. The first kappa shape index (κ1) is 20.4. The van der Waals surface area contributed by atoms with Gasteiger partial charge in [0.25, 0.3) is 5.56 Å². The Bertz CT molecular complexity index is 1050. The number of carbonyl (C=O) groups excluding carboxylic acids is 1. The summed E-state index contributed by atoms with van der Waals surface area (Å²) in [4.78, 5) is 29.0. The van der Waals surface area contributed by atoms with E-state index in [9.17, 15) is 9.59 Å². The van der Waals surface area contributed by atoms with Gasteiger partial charge in [0.1, 0.15) is 11.5 Å². The summed E-state index contributed by atoms with van der Waals surface area (Å²) in [5, 5.41) is 3.49. The second kappa shape index (κ2) is 9.73. The Morgan fingerprint density at radius 3 is 2.69 bits per heavy atom. The van der Waals surface area contributed by atoms with Crippen LogP contribution in [0.15, 0.2) is 53.6 Å². The number of carbonyl (C=O) groups is 1. The van der Waals surface area contributed by atoms with E-state index >= 15 is 0 Å². The molecule has 152 valence electrons. The number of nitrogens with one attached hydrogen (secondary N) is 1. The van der Waals surface area contributed by atoms with E-state index in [0.717, 1.165) is 19.3 Å². The zero-order valence-electron chi connectivity index (χ0n) is 16.7. The van der Waals surface area contributed by atoms with Gasteiger partial charge in [0.05, 0.1) is 37.1 Å². The number of nitrogens with zero attached hydrogens (tertiary/aromatic N) is 2. The molecule has 3 aromatic rings. The molecule has 0 saturated heterocycles. The number of hydrogen-bond donors (Lipinski definition) is 1. The molecule has 3 rings (SSSR count). The third-order valence-corrected chi connectivity index (χ3v) is 4.72. The molecular formula is C22H25N3O4. The fourth-order valence-corrected chi connectivity index (χ4v) is 3.12. The lowest BCUT2D eigenvalue weighted by Gasteiger charge is -2.11. The van der Waals surface area contributed by atoms with Crippen molar-refractivity contribution in [2.75, 3.05) is 19.5 Å². The fourth-order valence-electron chi connectivity index (χ4n) is 3.12. The summed E-state index contributed by atoms with van der Waals surface area (Å²) in [6.07, 6.45) is 4.37. The van der Waals surface area contributed by atoms with Crippen molar-refractivity contribution in [3.05, 3.63) is 59.1 Å². The summed E-state index contributed by atoms with van der Waals surface area (Å²) in [6, 6.07) is 12.6. The van der Waals surface area contributed by atoms with Crippen LogP contribution in [0.5, 0.6) is 11.5 Å². The number of aryl methyl sites for hydroxylation is 1. The zero-order valence-corrected chi connectivity index (χ0v) is 16.7. The minimum Gasteiger partial charge on any atom is -0.497 e. The monoisotopic (exact) mass is 395 g/mol. The molecule has 0 saturated carbocycles.